The van der Waals surface area contributed by atoms with Gasteiger partial charge >= 0.3 is 5.69 Å². The van der Waals surface area contributed by atoms with Crippen LogP contribution < -0.4 is 4.74 Å². The standard InChI is InChI=1S/C10H11N2O/c1-8(2)7-13-10-6-4-3-5-9(10)12-11/h3-6H,1,7H2,2H3/q+1. The fourth-order valence-electron chi connectivity index (χ4n) is 0.863. The molecule has 0 saturated carbocycles. The third kappa shape index (κ3) is 2.60. The molecule has 1 rings (SSSR count). The molecule has 0 aromatic heterocycles. The molecule has 0 radical (unpaired) electrons. The third-order valence-corrected chi connectivity index (χ3v) is 1.45. The Labute approximate surface area is 77.3 Å². The molecule has 0 unspecified atom stereocenters. The molecule has 0 fully saturated rings. The highest BCUT2D eigenvalue weighted by atomic mass is 16.5. The fourth-order valence-corrected chi connectivity index (χ4v) is 0.863. The summed E-state index contributed by atoms with van der Waals surface area (Å²) >= 11 is 0. The number of hydrogen-bond acceptors (Lipinski definition) is 2. The van der Waals surface area contributed by atoms with Crippen LogP contribution in [0.15, 0.2) is 36.4 Å². The molecule has 66 valence electrons. The van der Waals surface area contributed by atoms with E-state index >= 15 is 0 Å². The lowest BCUT2D eigenvalue weighted by Crippen LogP contribution is -1.97. The first-order valence-electron chi connectivity index (χ1n) is 3.95. The smallest absolute Gasteiger partial charge is 0.426 e. The summed E-state index contributed by atoms with van der Waals surface area (Å²) in [7, 11) is 0. The van der Waals surface area contributed by atoms with E-state index in [1.54, 1.807) is 18.2 Å². The zero-order valence-corrected chi connectivity index (χ0v) is 7.53. The summed E-state index contributed by atoms with van der Waals surface area (Å²) in [6, 6.07) is 7.02. The molecule has 0 spiro atoms. The average Bonchev–Trinajstić information content (AvgIpc) is 2.15. The first-order chi connectivity index (χ1) is 6.24. The van der Waals surface area contributed by atoms with Crippen LogP contribution in [0, 0.1) is 5.39 Å². The van der Waals surface area contributed by atoms with Gasteiger partial charge < -0.3 is 4.74 Å². The number of benzene rings is 1. The number of nitrogens with zero attached hydrogens (tertiary/aromatic N) is 2. The summed E-state index contributed by atoms with van der Waals surface area (Å²) in [5, 5.41) is 8.61. The predicted molar refractivity (Wildman–Crippen MR) is 51.5 cm³/mol. The normalized spacial score (nSPS) is 8.92. The molecular weight excluding hydrogens is 164 g/mol. The minimum absolute atomic E-state index is 0.434. The lowest BCUT2D eigenvalue weighted by molar-refractivity contribution is 0.355. The van der Waals surface area contributed by atoms with E-state index in [2.05, 4.69) is 11.6 Å². The molecule has 0 aliphatic rings. The van der Waals surface area contributed by atoms with Gasteiger partial charge in [-0.25, -0.2) is 0 Å². The van der Waals surface area contributed by atoms with Crippen molar-refractivity contribution in [2.45, 2.75) is 6.92 Å². The van der Waals surface area contributed by atoms with Crippen LogP contribution in [-0.4, -0.2) is 6.61 Å². The SMILES string of the molecule is C=C(C)COc1ccccc1[N+]#N. The van der Waals surface area contributed by atoms with E-state index in [0.717, 1.165) is 5.57 Å². The quantitative estimate of drug-likeness (QED) is 0.522. The highest BCUT2D eigenvalue weighted by Crippen LogP contribution is 2.26. The Kier molecular flexibility index (Phi) is 3.04. The van der Waals surface area contributed by atoms with Gasteiger partial charge in [-0.15, -0.1) is 0 Å². The van der Waals surface area contributed by atoms with Crippen molar-refractivity contribution in [1.82, 2.24) is 0 Å². The minimum Gasteiger partial charge on any atom is -0.481 e. The van der Waals surface area contributed by atoms with Crippen LogP contribution in [0.25, 0.3) is 4.98 Å². The van der Waals surface area contributed by atoms with E-state index in [-0.39, 0.29) is 0 Å². The van der Waals surface area contributed by atoms with Gasteiger partial charge in [0.15, 0.2) is 4.98 Å². The van der Waals surface area contributed by atoms with Crippen LogP contribution in [0.5, 0.6) is 5.75 Å². The van der Waals surface area contributed by atoms with Gasteiger partial charge in [0.1, 0.15) is 6.61 Å². The monoisotopic (exact) mass is 175 g/mol. The Hall–Kier alpha value is -1.82. The van der Waals surface area contributed by atoms with Crippen molar-refractivity contribution < 1.29 is 4.74 Å². The molecule has 0 aliphatic heterocycles. The molecule has 3 heteroatoms. The van der Waals surface area contributed by atoms with Crippen LogP contribution >= 0.6 is 0 Å². The number of ether oxygens (including phenoxy) is 1. The molecule has 3 nitrogen and oxygen atoms in total. The van der Waals surface area contributed by atoms with Crippen LogP contribution in [0.4, 0.5) is 5.69 Å². The average molecular weight is 175 g/mol. The minimum atomic E-state index is 0.434. The zero-order chi connectivity index (χ0) is 9.68. The first kappa shape index (κ1) is 9.27. The second kappa shape index (κ2) is 4.27. The lowest BCUT2D eigenvalue weighted by Gasteiger charge is -2.01. The number of hydrogen-bond donors (Lipinski definition) is 0. The van der Waals surface area contributed by atoms with Crippen LogP contribution in [0.2, 0.25) is 0 Å². The highest BCUT2D eigenvalue weighted by Gasteiger charge is 2.12. The largest absolute Gasteiger partial charge is 0.481 e. The molecular formula is C10H11N2O+. The van der Waals surface area contributed by atoms with Gasteiger partial charge in [-0.1, -0.05) is 18.7 Å². The van der Waals surface area contributed by atoms with Crippen LogP contribution in [0.1, 0.15) is 6.92 Å². The maximum absolute atomic E-state index is 8.61. The highest BCUT2D eigenvalue weighted by molar-refractivity contribution is 5.56. The molecule has 0 aliphatic carbocycles. The summed E-state index contributed by atoms with van der Waals surface area (Å²) in [6.07, 6.45) is 0. The molecule has 1 aromatic rings. The number of para-hydroxylation sites is 1. The molecule has 0 saturated heterocycles. The first-order valence-corrected chi connectivity index (χ1v) is 3.95. The third-order valence-electron chi connectivity index (χ3n) is 1.45. The molecule has 0 N–H and O–H groups in total. The van der Waals surface area contributed by atoms with Gasteiger partial charge in [0.2, 0.25) is 11.1 Å². The summed E-state index contributed by atoms with van der Waals surface area (Å²) in [5.74, 6) is 0.563. The Morgan fingerprint density at radius 3 is 2.85 bits per heavy atom. The van der Waals surface area contributed by atoms with Gasteiger partial charge in [-0.05, 0) is 18.6 Å². The van der Waals surface area contributed by atoms with Crippen molar-refractivity contribution in [2.75, 3.05) is 6.61 Å². The Bertz CT molecular complexity index is 352. The van der Waals surface area contributed by atoms with E-state index < -0.39 is 0 Å². The Morgan fingerprint density at radius 1 is 1.54 bits per heavy atom. The lowest BCUT2D eigenvalue weighted by atomic mass is 10.3. The maximum atomic E-state index is 8.61. The van der Waals surface area contributed by atoms with Gasteiger partial charge in [-0.2, -0.15) is 0 Å². The maximum Gasteiger partial charge on any atom is 0.426 e. The molecule has 0 heterocycles. The van der Waals surface area contributed by atoms with Crippen molar-refractivity contribution in [3.05, 3.63) is 41.4 Å². The van der Waals surface area contributed by atoms with Crippen molar-refractivity contribution in [2.24, 2.45) is 0 Å². The number of diazo groups is 1. The fraction of sp³-hybridized carbons (Fsp3) is 0.200. The number of rotatable bonds is 3. The van der Waals surface area contributed by atoms with E-state index in [1.807, 2.05) is 13.0 Å². The summed E-state index contributed by atoms with van der Waals surface area (Å²) < 4.78 is 5.34. The van der Waals surface area contributed by atoms with Crippen molar-refractivity contribution in [1.29, 1.82) is 5.39 Å². The summed E-state index contributed by atoms with van der Waals surface area (Å²) in [6.45, 7) is 6.02. The second-order valence-electron chi connectivity index (χ2n) is 2.81. The van der Waals surface area contributed by atoms with Gasteiger partial charge in [0.05, 0.1) is 0 Å². The van der Waals surface area contributed by atoms with Crippen molar-refractivity contribution in [3.63, 3.8) is 0 Å². The van der Waals surface area contributed by atoms with E-state index in [9.17, 15) is 0 Å². The topological polar surface area (TPSA) is 37.4 Å². The van der Waals surface area contributed by atoms with Crippen LogP contribution in [-0.2, 0) is 0 Å². The van der Waals surface area contributed by atoms with E-state index in [1.165, 1.54) is 0 Å². The van der Waals surface area contributed by atoms with Crippen molar-refractivity contribution in [3.8, 4) is 5.75 Å². The zero-order valence-electron chi connectivity index (χ0n) is 7.53. The predicted octanol–water partition coefficient (Wildman–Crippen LogP) is 3.13. The summed E-state index contributed by atoms with van der Waals surface area (Å²) in [4.78, 5) is 3.09. The Morgan fingerprint density at radius 2 is 2.23 bits per heavy atom. The van der Waals surface area contributed by atoms with Crippen LogP contribution in [0.3, 0.4) is 0 Å². The van der Waals surface area contributed by atoms with Gasteiger partial charge in [0, 0.05) is 6.07 Å². The van der Waals surface area contributed by atoms with Crippen molar-refractivity contribution >= 4 is 5.69 Å². The van der Waals surface area contributed by atoms with Gasteiger partial charge in [-0.3, -0.25) is 0 Å². The van der Waals surface area contributed by atoms with Gasteiger partial charge in [0.25, 0.3) is 0 Å². The molecule has 13 heavy (non-hydrogen) atoms. The van der Waals surface area contributed by atoms with E-state index in [0.29, 0.717) is 18.0 Å². The van der Waals surface area contributed by atoms with E-state index in [4.69, 9.17) is 10.1 Å². The second-order valence-corrected chi connectivity index (χ2v) is 2.81. The molecule has 0 bridgehead atoms. The summed E-state index contributed by atoms with van der Waals surface area (Å²) in [5.41, 5.74) is 1.36. The molecule has 0 amide bonds. The Balaban J connectivity index is 2.77. The molecule has 0 atom stereocenters. The molecule has 1 aromatic carbocycles.